The van der Waals surface area contributed by atoms with Gasteiger partial charge in [0.2, 0.25) is 0 Å². The standard InChI is InChI=1S/C19H25N3O3S/c1-26(23,24)19-6-4-15(5-7-19)10-21-11-17-8-9-20-22(17)13-18(12-21)25-14-16-2-3-16/h4-9,16,18H,2-3,10-14H2,1H3. The summed E-state index contributed by atoms with van der Waals surface area (Å²) in [5, 5.41) is 4.43. The van der Waals surface area contributed by atoms with E-state index in [0.717, 1.165) is 44.3 Å². The van der Waals surface area contributed by atoms with Gasteiger partial charge in [-0.15, -0.1) is 0 Å². The van der Waals surface area contributed by atoms with E-state index in [1.54, 1.807) is 12.1 Å². The van der Waals surface area contributed by atoms with E-state index in [1.807, 2.05) is 23.0 Å². The van der Waals surface area contributed by atoms with Gasteiger partial charge in [0.1, 0.15) is 0 Å². The highest BCUT2D eigenvalue weighted by Gasteiger charge is 2.27. The van der Waals surface area contributed by atoms with Crippen LogP contribution in [0.4, 0.5) is 0 Å². The summed E-state index contributed by atoms with van der Waals surface area (Å²) in [5.74, 6) is 0.743. The Morgan fingerprint density at radius 3 is 2.62 bits per heavy atom. The molecule has 0 radical (unpaired) electrons. The normalized spacial score (nSPS) is 21.3. The molecule has 2 aliphatic rings. The van der Waals surface area contributed by atoms with Gasteiger partial charge in [0, 0.05) is 38.7 Å². The third-order valence-corrected chi connectivity index (χ3v) is 6.18. The molecule has 140 valence electrons. The van der Waals surface area contributed by atoms with Crippen molar-refractivity contribution in [3.8, 4) is 0 Å². The van der Waals surface area contributed by atoms with Crippen LogP contribution in [0.2, 0.25) is 0 Å². The van der Waals surface area contributed by atoms with Gasteiger partial charge in [-0.2, -0.15) is 5.10 Å². The van der Waals surface area contributed by atoms with E-state index < -0.39 is 9.84 Å². The van der Waals surface area contributed by atoms with Crippen molar-refractivity contribution in [2.24, 2.45) is 5.92 Å². The van der Waals surface area contributed by atoms with E-state index >= 15 is 0 Å². The number of fused-ring (bicyclic) bond motifs is 1. The summed E-state index contributed by atoms with van der Waals surface area (Å²) >= 11 is 0. The molecule has 26 heavy (non-hydrogen) atoms. The average Bonchev–Trinajstić information content (AvgIpc) is 3.35. The van der Waals surface area contributed by atoms with Gasteiger partial charge in [0.15, 0.2) is 9.84 Å². The van der Waals surface area contributed by atoms with Gasteiger partial charge in [0.05, 0.1) is 23.2 Å². The number of sulfone groups is 1. The maximum atomic E-state index is 11.6. The fourth-order valence-corrected chi connectivity index (χ4v) is 4.00. The van der Waals surface area contributed by atoms with Gasteiger partial charge in [-0.25, -0.2) is 8.42 Å². The molecule has 1 atom stereocenters. The predicted octanol–water partition coefficient (Wildman–Crippen LogP) is 2.10. The Morgan fingerprint density at radius 2 is 1.92 bits per heavy atom. The lowest BCUT2D eigenvalue weighted by Crippen LogP contribution is -2.33. The average molecular weight is 375 g/mol. The van der Waals surface area contributed by atoms with Gasteiger partial charge < -0.3 is 4.74 Å². The van der Waals surface area contributed by atoms with Crippen LogP contribution in [0, 0.1) is 5.92 Å². The van der Waals surface area contributed by atoms with E-state index in [4.69, 9.17) is 4.74 Å². The lowest BCUT2D eigenvalue weighted by atomic mass is 10.2. The molecule has 1 aromatic carbocycles. The summed E-state index contributed by atoms with van der Waals surface area (Å²) < 4.78 is 31.5. The fraction of sp³-hybridized carbons (Fsp3) is 0.526. The molecular formula is C19H25N3O3S. The first kappa shape index (κ1) is 17.7. The van der Waals surface area contributed by atoms with Crippen molar-refractivity contribution in [3.05, 3.63) is 47.8 Å². The molecule has 1 aromatic heterocycles. The lowest BCUT2D eigenvalue weighted by Gasteiger charge is -2.24. The summed E-state index contributed by atoms with van der Waals surface area (Å²) in [7, 11) is -3.15. The van der Waals surface area contributed by atoms with E-state index in [2.05, 4.69) is 16.1 Å². The van der Waals surface area contributed by atoms with E-state index in [1.165, 1.54) is 24.8 Å². The van der Waals surface area contributed by atoms with Crippen LogP contribution in [0.15, 0.2) is 41.4 Å². The van der Waals surface area contributed by atoms with Crippen molar-refractivity contribution in [2.75, 3.05) is 19.4 Å². The SMILES string of the molecule is CS(=O)(=O)c1ccc(CN2Cc3ccnn3CC(OCC3CC3)C2)cc1. The predicted molar refractivity (Wildman–Crippen MR) is 98.4 cm³/mol. The van der Waals surface area contributed by atoms with Gasteiger partial charge in [0.25, 0.3) is 0 Å². The zero-order chi connectivity index (χ0) is 18.1. The maximum absolute atomic E-state index is 11.6. The molecule has 0 amide bonds. The van der Waals surface area contributed by atoms with E-state index in [9.17, 15) is 8.42 Å². The Balaban J connectivity index is 1.47. The van der Waals surface area contributed by atoms with Gasteiger partial charge in [-0.3, -0.25) is 9.58 Å². The number of hydrogen-bond acceptors (Lipinski definition) is 5. The molecule has 1 saturated carbocycles. The lowest BCUT2D eigenvalue weighted by molar-refractivity contribution is 0.0123. The van der Waals surface area contributed by atoms with Gasteiger partial charge in [-0.05, 0) is 42.5 Å². The van der Waals surface area contributed by atoms with Crippen LogP contribution >= 0.6 is 0 Å². The van der Waals surface area contributed by atoms with Crippen molar-refractivity contribution < 1.29 is 13.2 Å². The molecule has 1 fully saturated rings. The van der Waals surface area contributed by atoms with Crippen molar-refractivity contribution in [3.63, 3.8) is 0 Å². The second-order valence-electron chi connectivity index (χ2n) is 7.49. The molecule has 1 aliphatic carbocycles. The van der Waals surface area contributed by atoms with Gasteiger partial charge >= 0.3 is 0 Å². The van der Waals surface area contributed by atoms with Crippen LogP contribution in [-0.2, 0) is 34.2 Å². The molecule has 2 heterocycles. The highest BCUT2D eigenvalue weighted by atomic mass is 32.2. The molecule has 1 unspecified atom stereocenters. The molecule has 0 bridgehead atoms. The molecule has 0 N–H and O–H groups in total. The summed E-state index contributed by atoms with van der Waals surface area (Å²) in [6.07, 6.45) is 5.79. The monoisotopic (exact) mass is 375 g/mol. The van der Waals surface area contributed by atoms with Crippen LogP contribution in [0.3, 0.4) is 0 Å². The number of hydrogen-bond donors (Lipinski definition) is 0. The van der Waals surface area contributed by atoms with Gasteiger partial charge in [-0.1, -0.05) is 12.1 Å². The first-order valence-electron chi connectivity index (χ1n) is 9.11. The molecule has 2 aromatic rings. The van der Waals surface area contributed by atoms with Crippen molar-refractivity contribution in [1.82, 2.24) is 14.7 Å². The molecule has 0 saturated heterocycles. The zero-order valence-electron chi connectivity index (χ0n) is 15.0. The first-order chi connectivity index (χ1) is 12.5. The zero-order valence-corrected chi connectivity index (χ0v) is 15.9. The minimum absolute atomic E-state index is 0.132. The van der Waals surface area contributed by atoms with Crippen molar-refractivity contribution >= 4 is 9.84 Å². The first-order valence-corrected chi connectivity index (χ1v) is 11.0. The second kappa shape index (κ2) is 7.13. The number of ether oxygens (including phenoxy) is 1. The minimum Gasteiger partial charge on any atom is -0.375 e. The Kier molecular flexibility index (Phi) is 4.86. The maximum Gasteiger partial charge on any atom is 0.175 e. The summed E-state index contributed by atoms with van der Waals surface area (Å²) in [6.45, 7) is 4.07. The summed E-state index contributed by atoms with van der Waals surface area (Å²) in [5.41, 5.74) is 2.29. The quantitative estimate of drug-likeness (QED) is 0.774. The molecule has 1 aliphatic heterocycles. The van der Waals surface area contributed by atoms with E-state index in [0.29, 0.717) is 4.90 Å². The van der Waals surface area contributed by atoms with Crippen LogP contribution in [0.1, 0.15) is 24.1 Å². The molecule has 7 heteroatoms. The number of aromatic nitrogens is 2. The number of nitrogens with zero attached hydrogens (tertiary/aromatic N) is 3. The van der Waals surface area contributed by atoms with Crippen molar-refractivity contribution in [1.29, 1.82) is 0 Å². The number of benzene rings is 1. The Labute approximate surface area is 154 Å². The van der Waals surface area contributed by atoms with Crippen LogP contribution in [-0.4, -0.2) is 48.6 Å². The Morgan fingerprint density at radius 1 is 1.15 bits per heavy atom. The molecule has 0 spiro atoms. The summed E-state index contributed by atoms with van der Waals surface area (Å²) in [6, 6.07) is 9.24. The molecular weight excluding hydrogens is 350 g/mol. The Hall–Kier alpha value is -1.70. The fourth-order valence-electron chi connectivity index (χ4n) is 3.37. The molecule has 4 rings (SSSR count). The summed E-state index contributed by atoms with van der Waals surface area (Å²) in [4.78, 5) is 2.72. The Bertz CT molecular complexity index is 856. The third-order valence-electron chi connectivity index (χ3n) is 5.05. The van der Waals surface area contributed by atoms with E-state index in [-0.39, 0.29) is 6.10 Å². The largest absolute Gasteiger partial charge is 0.375 e. The van der Waals surface area contributed by atoms with Crippen LogP contribution in [0.25, 0.3) is 0 Å². The van der Waals surface area contributed by atoms with Crippen LogP contribution in [0.5, 0.6) is 0 Å². The highest BCUT2D eigenvalue weighted by Crippen LogP contribution is 2.29. The third kappa shape index (κ3) is 4.34. The highest BCUT2D eigenvalue weighted by molar-refractivity contribution is 7.90. The number of rotatable bonds is 6. The second-order valence-corrected chi connectivity index (χ2v) is 9.50. The minimum atomic E-state index is -3.15. The van der Waals surface area contributed by atoms with Crippen molar-refractivity contribution in [2.45, 2.75) is 43.5 Å². The topological polar surface area (TPSA) is 64.4 Å². The molecule has 6 nitrogen and oxygen atoms in total. The smallest absolute Gasteiger partial charge is 0.175 e. The van der Waals surface area contributed by atoms with Crippen LogP contribution < -0.4 is 0 Å².